The largest absolute Gasteiger partial charge is 0.497 e. The number of aryl methyl sites for hydroxylation is 1. The van der Waals surface area contributed by atoms with E-state index in [-0.39, 0.29) is 5.91 Å². The van der Waals surface area contributed by atoms with E-state index in [1.54, 1.807) is 18.0 Å². The van der Waals surface area contributed by atoms with Crippen molar-refractivity contribution in [1.82, 2.24) is 20.0 Å². The number of aromatic nitrogens is 4. The number of rotatable bonds is 4. The Labute approximate surface area is 156 Å². The molecule has 4 aromatic rings. The summed E-state index contributed by atoms with van der Waals surface area (Å²) in [5.74, 6) is 0.892. The van der Waals surface area contributed by atoms with Gasteiger partial charge in [-0.05, 0) is 43.7 Å². The number of aromatic amines is 1. The number of ether oxygens (including phenoxy) is 1. The van der Waals surface area contributed by atoms with Crippen LogP contribution in [0.5, 0.6) is 5.75 Å². The topological polar surface area (TPSA) is 84.8 Å². The molecule has 0 bridgehead atoms. The third-order valence-electron chi connectivity index (χ3n) is 4.60. The summed E-state index contributed by atoms with van der Waals surface area (Å²) in [6.45, 7) is 3.89. The van der Waals surface area contributed by atoms with Gasteiger partial charge in [-0.15, -0.1) is 0 Å². The van der Waals surface area contributed by atoms with Gasteiger partial charge in [-0.1, -0.05) is 18.2 Å². The molecule has 0 saturated carbocycles. The Bertz CT molecular complexity index is 1140. The molecule has 2 N–H and O–H groups in total. The van der Waals surface area contributed by atoms with Crippen molar-refractivity contribution in [2.75, 3.05) is 12.4 Å². The second-order valence-electron chi connectivity index (χ2n) is 6.28. The molecule has 27 heavy (non-hydrogen) atoms. The Morgan fingerprint density at radius 1 is 1.19 bits per heavy atom. The number of nitrogens with one attached hydrogen (secondary N) is 2. The van der Waals surface area contributed by atoms with Crippen LogP contribution in [0.3, 0.4) is 0 Å². The quantitative estimate of drug-likeness (QED) is 0.581. The van der Waals surface area contributed by atoms with Gasteiger partial charge in [-0.2, -0.15) is 10.2 Å². The number of methoxy groups -OCH3 is 1. The highest BCUT2D eigenvalue weighted by molar-refractivity contribution is 6.08. The highest BCUT2D eigenvalue weighted by atomic mass is 16.5. The summed E-state index contributed by atoms with van der Waals surface area (Å²) in [7, 11) is 1.60. The molecule has 0 unspecified atom stereocenters. The number of anilines is 1. The van der Waals surface area contributed by atoms with Crippen LogP contribution in [0.15, 0.2) is 48.7 Å². The van der Waals surface area contributed by atoms with Crippen molar-refractivity contribution in [3.63, 3.8) is 0 Å². The Hall–Kier alpha value is -3.61. The van der Waals surface area contributed by atoms with E-state index in [1.165, 1.54) is 0 Å². The molecule has 2 aromatic carbocycles. The van der Waals surface area contributed by atoms with Crippen LogP contribution in [0.1, 0.15) is 21.6 Å². The van der Waals surface area contributed by atoms with Crippen LogP contribution < -0.4 is 10.1 Å². The van der Waals surface area contributed by atoms with E-state index >= 15 is 0 Å². The maximum absolute atomic E-state index is 12.8. The first-order chi connectivity index (χ1) is 13.1. The van der Waals surface area contributed by atoms with E-state index in [1.807, 2.05) is 56.3 Å². The monoisotopic (exact) mass is 361 g/mol. The minimum absolute atomic E-state index is 0.261. The van der Waals surface area contributed by atoms with Crippen molar-refractivity contribution in [2.45, 2.75) is 13.8 Å². The van der Waals surface area contributed by atoms with Gasteiger partial charge in [-0.25, -0.2) is 4.68 Å². The zero-order chi connectivity index (χ0) is 19.0. The van der Waals surface area contributed by atoms with E-state index in [0.717, 1.165) is 27.8 Å². The summed E-state index contributed by atoms with van der Waals surface area (Å²) >= 11 is 0. The van der Waals surface area contributed by atoms with E-state index in [2.05, 4.69) is 20.6 Å². The lowest BCUT2D eigenvalue weighted by Crippen LogP contribution is -2.13. The molecule has 0 atom stereocenters. The molecule has 7 heteroatoms. The first kappa shape index (κ1) is 16.8. The SMILES string of the molecule is COc1ccc2[nH]nc(NC(=O)c3cnn(-c4ccccc4C)c3C)c2c1. The number of hydrogen-bond acceptors (Lipinski definition) is 4. The zero-order valence-corrected chi connectivity index (χ0v) is 15.3. The lowest BCUT2D eigenvalue weighted by molar-refractivity contribution is 0.102. The summed E-state index contributed by atoms with van der Waals surface area (Å²) in [6.07, 6.45) is 1.58. The molecule has 0 aliphatic carbocycles. The van der Waals surface area contributed by atoms with Crippen LogP contribution in [-0.2, 0) is 0 Å². The fourth-order valence-corrected chi connectivity index (χ4v) is 3.07. The standard InChI is InChI=1S/C20H19N5O2/c1-12-6-4-5-7-18(12)25-13(2)16(11-21-25)20(26)22-19-15-10-14(27-3)8-9-17(15)23-24-19/h4-11H,1-3H3,(H2,22,23,24,26). The molecule has 4 rings (SSSR count). The van der Waals surface area contributed by atoms with Gasteiger partial charge in [0.15, 0.2) is 5.82 Å². The fraction of sp³-hybridized carbons (Fsp3) is 0.150. The van der Waals surface area contributed by atoms with E-state index in [9.17, 15) is 4.79 Å². The first-order valence-electron chi connectivity index (χ1n) is 8.52. The van der Waals surface area contributed by atoms with Crippen molar-refractivity contribution in [1.29, 1.82) is 0 Å². The maximum Gasteiger partial charge on any atom is 0.260 e. The fourth-order valence-electron chi connectivity index (χ4n) is 3.07. The number of benzene rings is 2. The van der Waals surface area contributed by atoms with Crippen molar-refractivity contribution < 1.29 is 9.53 Å². The van der Waals surface area contributed by atoms with Crippen molar-refractivity contribution >= 4 is 22.6 Å². The number of carbonyl (C=O) groups excluding carboxylic acids is 1. The van der Waals surface area contributed by atoms with E-state index < -0.39 is 0 Å². The van der Waals surface area contributed by atoms with Gasteiger partial charge in [0.1, 0.15) is 5.75 Å². The molecule has 0 spiro atoms. The Balaban J connectivity index is 1.66. The first-order valence-corrected chi connectivity index (χ1v) is 8.52. The third kappa shape index (κ3) is 2.93. The molecule has 0 aliphatic rings. The number of amides is 1. The predicted molar refractivity (Wildman–Crippen MR) is 104 cm³/mol. The lowest BCUT2D eigenvalue weighted by atomic mass is 10.2. The average molecular weight is 361 g/mol. The molecule has 2 heterocycles. The molecule has 136 valence electrons. The van der Waals surface area contributed by atoms with Gasteiger partial charge >= 0.3 is 0 Å². The Morgan fingerprint density at radius 2 is 2.00 bits per heavy atom. The summed E-state index contributed by atoms with van der Waals surface area (Å²) in [5.41, 5.74) is 4.11. The highest BCUT2D eigenvalue weighted by Gasteiger charge is 2.18. The van der Waals surface area contributed by atoms with E-state index in [4.69, 9.17) is 4.74 Å². The second-order valence-corrected chi connectivity index (χ2v) is 6.28. The average Bonchev–Trinajstić information content (AvgIpc) is 3.25. The van der Waals surface area contributed by atoms with Crippen molar-refractivity contribution in [2.24, 2.45) is 0 Å². The van der Waals surface area contributed by atoms with Crippen LogP contribution in [0, 0.1) is 13.8 Å². The van der Waals surface area contributed by atoms with E-state index in [0.29, 0.717) is 17.1 Å². The molecule has 1 amide bonds. The van der Waals surface area contributed by atoms with Crippen molar-refractivity contribution in [3.8, 4) is 11.4 Å². The number of nitrogens with zero attached hydrogens (tertiary/aromatic N) is 3. The summed E-state index contributed by atoms with van der Waals surface area (Å²) in [4.78, 5) is 12.8. The minimum Gasteiger partial charge on any atom is -0.497 e. The predicted octanol–water partition coefficient (Wildman–Crippen LogP) is 3.63. The molecule has 0 saturated heterocycles. The van der Waals surface area contributed by atoms with Crippen LogP contribution in [0.2, 0.25) is 0 Å². The second kappa shape index (κ2) is 6.60. The van der Waals surface area contributed by atoms with Crippen molar-refractivity contribution in [3.05, 3.63) is 65.5 Å². The van der Waals surface area contributed by atoms with Gasteiger partial charge in [0.2, 0.25) is 0 Å². The normalized spacial score (nSPS) is 10.9. The maximum atomic E-state index is 12.8. The summed E-state index contributed by atoms with van der Waals surface area (Å²) in [5, 5.41) is 15.2. The molecule has 0 aliphatic heterocycles. The number of hydrogen-bond donors (Lipinski definition) is 2. The number of carbonyl (C=O) groups is 1. The Kier molecular flexibility index (Phi) is 4.12. The lowest BCUT2D eigenvalue weighted by Gasteiger charge is -2.08. The zero-order valence-electron chi connectivity index (χ0n) is 15.3. The van der Waals surface area contributed by atoms with Gasteiger partial charge in [0.25, 0.3) is 5.91 Å². The molecule has 2 aromatic heterocycles. The number of para-hydroxylation sites is 1. The van der Waals surface area contributed by atoms with Crippen LogP contribution in [0.25, 0.3) is 16.6 Å². The molecule has 0 radical (unpaired) electrons. The van der Waals surface area contributed by atoms with Gasteiger partial charge in [-0.3, -0.25) is 9.89 Å². The van der Waals surface area contributed by atoms with Gasteiger partial charge in [0, 0.05) is 5.39 Å². The molecular formula is C20H19N5O2. The minimum atomic E-state index is -0.261. The van der Waals surface area contributed by atoms with Crippen LogP contribution in [0.4, 0.5) is 5.82 Å². The number of fused-ring (bicyclic) bond motifs is 1. The summed E-state index contributed by atoms with van der Waals surface area (Å²) in [6, 6.07) is 13.4. The van der Waals surface area contributed by atoms with Crippen LogP contribution in [-0.4, -0.2) is 33.0 Å². The number of H-pyrrole nitrogens is 1. The van der Waals surface area contributed by atoms with Crippen LogP contribution >= 0.6 is 0 Å². The molecule has 0 fully saturated rings. The Morgan fingerprint density at radius 3 is 2.78 bits per heavy atom. The summed E-state index contributed by atoms with van der Waals surface area (Å²) < 4.78 is 7.02. The van der Waals surface area contributed by atoms with Gasteiger partial charge in [0.05, 0.1) is 35.8 Å². The molecular weight excluding hydrogens is 342 g/mol. The smallest absolute Gasteiger partial charge is 0.260 e. The third-order valence-corrected chi connectivity index (χ3v) is 4.60. The van der Waals surface area contributed by atoms with Gasteiger partial charge < -0.3 is 10.1 Å². The molecule has 7 nitrogen and oxygen atoms in total. The highest BCUT2D eigenvalue weighted by Crippen LogP contribution is 2.26.